The summed E-state index contributed by atoms with van der Waals surface area (Å²) in [6, 6.07) is 8.51. The van der Waals surface area contributed by atoms with Gasteiger partial charge in [0.25, 0.3) is 0 Å². The Morgan fingerprint density at radius 1 is 0.792 bits per heavy atom. The summed E-state index contributed by atoms with van der Waals surface area (Å²) >= 11 is 0. The standard InChI is InChI=1S/C20H16N4/c1-2-14-10-16-5-6-18(23-16)12-20-8-7-19(24-20)11-17-4-3-15(22-17)9-13(1)21-14/h1-13,21-23H/b14-10-,15-9-,17-11-,20-12-. The molecule has 5 heterocycles. The molecule has 2 aromatic rings. The molecule has 4 nitrogen and oxygen atoms in total. The fourth-order valence-electron chi connectivity index (χ4n) is 3.13. The van der Waals surface area contributed by atoms with Crippen molar-refractivity contribution in [1.29, 1.82) is 0 Å². The first kappa shape index (κ1) is 13.2. The normalized spacial score (nSPS) is 27.8. The number of hydrogen-bond donors (Lipinski definition) is 3. The van der Waals surface area contributed by atoms with Crippen LogP contribution < -0.4 is 16.0 Å². The van der Waals surface area contributed by atoms with Gasteiger partial charge in [-0.1, -0.05) is 6.08 Å². The number of aliphatic imine (C=N–C) groups is 1. The number of hydrogen-bond acceptors (Lipinski definition) is 2. The van der Waals surface area contributed by atoms with E-state index in [2.05, 4.69) is 81.0 Å². The molecular formula is C20H16N4. The van der Waals surface area contributed by atoms with Crippen LogP contribution in [0.3, 0.4) is 0 Å². The van der Waals surface area contributed by atoms with E-state index in [-0.39, 0.29) is 6.04 Å². The van der Waals surface area contributed by atoms with Gasteiger partial charge in [-0.3, -0.25) is 0 Å². The molecule has 3 N–H and O–H groups in total. The van der Waals surface area contributed by atoms with Gasteiger partial charge in [-0.25, -0.2) is 4.99 Å². The van der Waals surface area contributed by atoms with Crippen molar-refractivity contribution in [1.82, 2.24) is 15.3 Å². The Morgan fingerprint density at radius 2 is 1.67 bits per heavy atom. The van der Waals surface area contributed by atoms with Crippen molar-refractivity contribution in [3.63, 3.8) is 0 Å². The topological polar surface area (TPSA) is 56.0 Å². The summed E-state index contributed by atoms with van der Waals surface area (Å²) in [4.78, 5) is 11.5. The lowest BCUT2D eigenvalue weighted by molar-refractivity contribution is 0.879. The van der Waals surface area contributed by atoms with Gasteiger partial charge in [0, 0.05) is 27.8 Å². The molecule has 1 atom stereocenters. The Hall–Kier alpha value is -3.27. The van der Waals surface area contributed by atoms with E-state index in [4.69, 9.17) is 0 Å². The number of rotatable bonds is 0. The third kappa shape index (κ3) is 2.48. The van der Waals surface area contributed by atoms with Crippen LogP contribution in [-0.2, 0) is 0 Å². The number of aromatic amines is 2. The molecule has 0 radical (unpaired) electrons. The van der Waals surface area contributed by atoms with Crippen molar-refractivity contribution in [3.05, 3.63) is 82.0 Å². The largest absolute Gasteiger partial charge is 0.375 e. The predicted molar refractivity (Wildman–Crippen MR) is 98.4 cm³/mol. The molecule has 0 saturated carbocycles. The summed E-state index contributed by atoms with van der Waals surface area (Å²) in [7, 11) is 0. The van der Waals surface area contributed by atoms with E-state index < -0.39 is 0 Å². The van der Waals surface area contributed by atoms with Crippen LogP contribution in [0.15, 0.2) is 65.0 Å². The van der Waals surface area contributed by atoms with Gasteiger partial charge < -0.3 is 15.3 Å². The monoisotopic (exact) mass is 312 g/mol. The fraction of sp³-hybridized carbons (Fsp3) is 0.0500. The minimum atomic E-state index is 0.195. The molecule has 0 saturated heterocycles. The van der Waals surface area contributed by atoms with Crippen molar-refractivity contribution < 1.29 is 0 Å². The minimum absolute atomic E-state index is 0.195. The van der Waals surface area contributed by atoms with E-state index in [1.165, 1.54) is 0 Å². The Morgan fingerprint density at radius 3 is 2.62 bits per heavy atom. The second-order valence-electron chi connectivity index (χ2n) is 6.12. The van der Waals surface area contributed by atoms with Crippen LogP contribution >= 0.6 is 0 Å². The van der Waals surface area contributed by atoms with Gasteiger partial charge in [0.2, 0.25) is 0 Å². The Labute approximate surface area is 139 Å². The van der Waals surface area contributed by atoms with Crippen molar-refractivity contribution in [2.45, 2.75) is 6.04 Å². The van der Waals surface area contributed by atoms with E-state index in [0.29, 0.717) is 0 Å². The average Bonchev–Trinajstić information content (AvgIpc) is 3.32. The van der Waals surface area contributed by atoms with Crippen molar-refractivity contribution in [3.8, 4) is 0 Å². The molecule has 0 spiro atoms. The zero-order valence-electron chi connectivity index (χ0n) is 13.0. The van der Waals surface area contributed by atoms with Crippen LogP contribution in [0.25, 0.3) is 24.3 Å². The number of H-pyrrole nitrogens is 2. The summed E-state index contributed by atoms with van der Waals surface area (Å²) in [5.41, 5.74) is 5.12. The Bertz CT molecular complexity index is 1080. The number of nitrogens with one attached hydrogen (secondary N) is 3. The molecule has 1 unspecified atom stereocenters. The molecule has 5 rings (SSSR count). The SMILES string of the molecule is C1=C/C2=C/c3ccc([nH]3)/C=C3/C=CC(/C=c4/cc/c([nH]4)=C/C1=N2)N3. The Kier molecular flexibility index (Phi) is 2.82. The summed E-state index contributed by atoms with van der Waals surface area (Å²) in [5, 5.41) is 5.64. The molecule has 8 bridgehead atoms. The number of nitrogens with zero attached hydrogens (tertiary/aromatic N) is 1. The highest BCUT2D eigenvalue weighted by Gasteiger charge is 2.10. The molecule has 3 aliphatic heterocycles. The molecule has 2 aromatic heterocycles. The Balaban J connectivity index is 1.68. The molecule has 0 aromatic carbocycles. The van der Waals surface area contributed by atoms with Crippen LogP contribution in [0, 0.1) is 0 Å². The maximum absolute atomic E-state index is 4.65. The molecule has 0 amide bonds. The smallest absolute Gasteiger partial charge is 0.0658 e. The van der Waals surface area contributed by atoms with Gasteiger partial charge in [0.15, 0.2) is 0 Å². The predicted octanol–water partition coefficient (Wildman–Crippen LogP) is 1.84. The molecule has 116 valence electrons. The summed E-state index contributed by atoms with van der Waals surface area (Å²) < 4.78 is 0. The third-order valence-corrected chi connectivity index (χ3v) is 4.24. The van der Waals surface area contributed by atoms with Crippen molar-refractivity contribution in [2.75, 3.05) is 0 Å². The molecule has 3 aliphatic rings. The highest BCUT2D eigenvalue weighted by Crippen LogP contribution is 2.17. The minimum Gasteiger partial charge on any atom is -0.375 e. The number of allylic oxidation sites excluding steroid dienone is 3. The number of aromatic nitrogens is 2. The highest BCUT2D eigenvalue weighted by molar-refractivity contribution is 6.19. The average molecular weight is 312 g/mol. The van der Waals surface area contributed by atoms with Crippen molar-refractivity contribution in [2.24, 2.45) is 4.99 Å². The quantitative estimate of drug-likeness (QED) is 0.683. The highest BCUT2D eigenvalue weighted by atomic mass is 14.9. The van der Waals surface area contributed by atoms with E-state index in [9.17, 15) is 0 Å². The summed E-state index contributed by atoms with van der Waals surface area (Å²) in [6.07, 6.45) is 16.8. The van der Waals surface area contributed by atoms with Gasteiger partial charge in [0.05, 0.1) is 17.5 Å². The van der Waals surface area contributed by atoms with Gasteiger partial charge in [0.1, 0.15) is 0 Å². The second kappa shape index (κ2) is 5.13. The van der Waals surface area contributed by atoms with Crippen LogP contribution in [0.4, 0.5) is 0 Å². The third-order valence-electron chi connectivity index (χ3n) is 4.24. The number of fused-ring (bicyclic) bond motifs is 7. The molecule has 0 fully saturated rings. The zero-order valence-corrected chi connectivity index (χ0v) is 13.0. The van der Waals surface area contributed by atoms with Gasteiger partial charge >= 0.3 is 0 Å². The van der Waals surface area contributed by atoms with Crippen LogP contribution in [-0.4, -0.2) is 21.7 Å². The summed E-state index contributed by atoms with van der Waals surface area (Å²) in [5.74, 6) is 0. The first-order valence-electron chi connectivity index (χ1n) is 8.03. The fourth-order valence-corrected chi connectivity index (χ4v) is 3.13. The zero-order chi connectivity index (χ0) is 15.9. The lowest BCUT2D eigenvalue weighted by atomic mass is 10.3. The maximum atomic E-state index is 4.65. The van der Waals surface area contributed by atoms with E-state index in [1.807, 2.05) is 12.2 Å². The molecule has 0 aliphatic carbocycles. The van der Waals surface area contributed by atoms with E-state index >= 15 is 0 Å². The van der Waals surface area contributed by atoms with Gasteiger partial charge in [-0.05, 0) is 66.8 Å². The summed E-state index contributed by atoms with van der Waals surface area (Å²) in [6.45, 7) is 0. The van der Waals surface area contributed by atoms with Crippen LogP contribution in [0.5, 0.6) is 0 Å². The van der Waals surface area contributed by atoms with Crippen LogP contribution in [0.1, 0.15) is 11.4 Å². The van der Waals surface area contributed by atoms with Crippen LogP contribution in [0.2, 0.25) is 0 Å². The first-order valence-corrected chi connectivity index (χ1v) is 8.03. The lowest BCUT2D eigenvalue weighted by Gasteiger charge is -2.04. The van der Waals surface area contributed by atoms with E-state index in [0.717, 1.165) is 39.2 Å². The van der Waals surface area contributed by atoms with Crippen molar-refractivity contribution >= 4 is 30.0 Å². The molecule has 4 heteroatoms. The van der Waals surface area contributed by atoms with E-state index in [1.54, 1.807) is 0 Å². The molecular weight excluding hydrogens is 296 g/mol. The maximum Gasteiger partial charge on any atom is 0.0658 e. The first-order chi connectivity index (χ1) is 11.8. The van der Waals surface area contributed by atoms with Gasteiger partial charge in [-0.15, -0.1) is 0 Å². The molecule has 24 heavy (non-hydrogen) atoms. The lowest BCUT2D eigenvalue weighted by Crippen LogP contribution is -2.22. The van der Waals surface area contributed by atoms with Gasteiger partial charge in [-0.2, -0.15) is 0 Å². The second-order valence-corrected chi connectivity index (χ2v) is 6.12.